The van der Waals surface area contributed by atoms with Crippen LogP contribution in [-0.2, 0) is 16.0 Å². The lowest BCUT2D eigenvalue weighted by Gasteiger charge is -2.24. The Morgan fingerprint density at radius 1 is 0.963 bits per heavy atom. The summed E-state index contributed by atoms with van der Waals surface area (Å²) in [5.41, 5.74) is 0.143. The fraction of sp³-hybridized carbons (Fsp3) is 0.381. The molecule has 0 heterocycles. The normalized spacial score (nSPS) is 11.0. The van der Waals surface area contributed by atoms with Crippen LogP contribution in [-0.4, -0.2) is 31.0 Å². The van der Waals surface area contributed by atoms with Crippen molar-refractivity contribution in [1.82, 2.24) is 0 Å². The molecule has 0 aliphatic carbocycles. The summed E-state index contributed by atoms with van der Waals surface area (Å²) in [6.45, 7) is 6.03. The second-order valence-corrected chi connectivity index (χ2v) is 6.80. The molecule has 6 heteroatoms. The van der Waals surface area contributed by atoms with Gasteiger partial charge in [0.05, 0.1) is 25.3 Å². The Balaban J connectivity index is 1.82. The minimum atomic E-state index is -1.04. The highest BCUT2D eigenvalue weighted by molar-refractivity contribution is 7.94. The standard InChI is InChI=1S/C21H26O5S/c1-5-23-20(22)21(2,3)25-18-12-10-17(11-13-18)24-15-14-16-6-8-19(9-7-16)26-27-4/h6-13H,5,14-15H2,1-4H3. The van der Waals surface area contributed by atoms with Crippen LogP contribution in [0.25, 0.3) is 0 Å². The molecule has 146 valence electrons. The number of esters is 1. The van der Waals surface area contributed by atoms with Crippen molar-refractivity contribution in [3.8, 4) is 17.2 Å². The summed E-state index contributed by atoms with van der Waals surface area (Å²) in [6.07, 6.45) is 2.68. The summed E-state index contributed by atoms with van der Waals surface area (Å²) < 4.78 is 21.9. The molecule has 0 aliphatic heterocycles. The lowest BCUT2D eigenvalue weighted by atomic mass is 10.1. The van der Waals surface area contributed by atoms with Gasteiger partial charge in [0, 0.05) is 12.7 Å². The van der Waals surface area contributed by atoms with Crippen molar-refractivity contribution >= 4 is 18.0 Å². The van der Waals surface area contributed by atoms with Gasteiger partial charge in [0.25, 0.3) is 0 Å². The largest absolute Gasteiger partial charge is 0.493 e. The quantitative estimate of drug-likeness (QED) is 0.433. The Morgan fingerprint density at radius 3 is 2.15 bits per heavy atom. The van der Waals surface area contributed by atoms with Gasteiger partial charge in [-0.25, -0.2) is 4.79 Å². The highest BCUT2D eigenvalue weighted by atomic mass is 32.2. The Bertz CT molecular complexity index is 710. The smallest absolute Gasteiger partial charge is 0.349 e. The average Bonchev–Trinajstić information content (AvgIpc) is 2.65. The zero-order valence-electron chi connectivity index (χ0n) is 16.2. The zero-order valence-corrected chi connectivity index (χ0v) is 17.0. The summed E-state index contributed by atoms with van der Waals surface area (Å²) >= 11 is 1.32. The highest BCUT2D eigenvalue weighted by Gasteiger charge is 2.31. The second-order valence-electron chi connectivity index (χ2n) is 6.30. The molecule has 0 radical (unpaired) electrons. The number of carbonyl (C=O) groups is 1. The first-order chi connectivity index (χ1) is 12.9. The molecule has 2 aromatic rings. The van der Waals surface area contributed by atoms with Crippen molar-refractivity contribution in [3.63, 3.8) is 0 Å². The Kier molecular flexibility index (Phi) is 7.85. The molecule has 2 aromatic carbocycles. The van der Waals surface area contributed by atoms with Crippen molar-refractivity contribution in [2.75, 3.05) is 19.5 Å². The third-order valence-electron chi connectivity index (χ3n) is 3.73. The van der Waals surface area contributed by atoms with Crippen LogP contribution in [0.3, 0.4) is 0 Å². The lowest BCUT2D eigenvalue weighted by molar-refractivity contribution is -0.158. The van der Waals surface area contributed by atoms with Crippen LogP contribution in [0.1, 0.15) is 26.3 Å². The molecule has 0 amide bonds. The monoisotopic (exact) mass is 390 g/mol. The zero-order chi connectivity index (χ0) is 19.7. The predicted molar refractivity (Wildman–Crippen MR) is 108 cm³/mol. The van der Waals surface area contributed by atoms with Gasteiger partial charge in [-0.05, 0) is 62.7 Å². The number of rotatable bonds is 10. The summed E-state index contributed by atoms with van der Waals surface area (Å²) in [4.78, 5) is 11.9. The van der Waals surface area contributed by atoms with E-state index in [2.05, 4.69) is 0 Å². The van der Waals surface area contributed by atoms with Gasteiger partial charge < -0.3 is 18.4 Å². The highest BCUT2D eigenvalue weighted by Crippen LogP contribution is 2.23. The molecular weight excluding hydrogens is 364 g/mol. The van der Waals surface area contributed by atoms with E-state index in [1.165, 1.54) is 17.6 Å². The van der Waals surface area contributed by atoms with E-state index in [9.17, 15) is 4.79 Å². The maximum atomic E-state index is 11.9. The molecule has 27 heavy (non-hydrogen) atoms. The van der Waals surface area contributed by atoms with Gasteiger partial charge in [-0.3, -0.25) is 0 Å². The number of benzene rings is 2. The first-order valence-electron chi connectivity index (χ1n) is 8.83. The third-order valence-corrected chi connectivity index (χ3v) is 4.09. The van der Waals surface area contributed by atoms with Crippen LogP contribution in [0.5, 0.6) is 17.2 Å². The second kappa shape index (κ2) is 10.1. The van der Waals surface area contributed by atoms with Crippen molar-refractivity contribution < 1.29 is 23.2 Å². The minimum Gasteiger partial charge on any atom is -0.493 e. The molecule has 5 nitrogen and oxygen atoms in total. The van der Waals surface area contributed by atoms with E-state index in [4.69, 9.17) is 18.4 Å². The molecule has 0 fully saturated rings. The number of hydrogen-bond donors (Lipinski definition) is 0. The van der Waals surface area contributed by atoms with E-state index >= 15 is 0 Å². The van der Waals surface area contributed by atoms with Crippen molar-refractivity contribution in [3.05, 3.63) is 54.1 Å². The average molecular weight is 391 g/mol. The van der Waals surface area contributed by atoms with Gasteiger partial charge in [-0.2, -0.15) is 0 Å². The van der Waals surface area contributed by atoms with E-state index in [-0.39, 0.29) is 5.97 Å². The van der Waals surface area contributed by atoms with Crippen LogP contribution in [0.15, 0.2) is 48.5 Å². The molecule has 0 unspecified atom stereocenters. The van der Waals surface area contributed by atoms with E-state index < -0.39 is 5.60 Å². The summed E-state index contributed by atoms with van der Waals surface area (Å²) in [7, 11) is 0. The number of ether oxygens (including phenoxy) is 3. The topological polar surface area (TPSA) is 54.0 Å². The third kappa shape index (κ3) is 6.71. The molecule has 0 N–H and O–H groups in total. The van der Waals surface area contributed by atoms with Crippen LogP contribution in [0.4, 0.5) is 0 Å². The SMILES string of the molecule is CCOC(=O)C(C)(C)Oc1ccc(OCCc2ccc(OSC)cc2)cc1. The van der Waals surface area contributed by atoms with Crippen molar-refractivity contribution in [1.29, 1.82) is 0 Å². The molecule has 0 bridgehead atoms. The van der Waals surface area contributed by atoms with Gasteiger partial charge in [0.2, 0.25) is 0 Å². The lowest BCUT2D eigenvalue weighted by Crippen LogP contribution is -2.39. The van der Waals surface area contributed by atoms with E-state index in [1.54, 1.807) is 32.9 Å². The maximum Gasteiger partial charge on any atom is 0.349 e. The molecule has 0 saturated heterocycles. The first kappa shape index (κ1) is 21.0. The summed E-state index contributed by atoms with van der Waals surface area (Å²) in [5, 5.41) is 0. The van der Waals surface area contributed by atoms with Crippen molar-refractivity contribution in [2.24, 2.45) is 0 Å². The van der Waals surface area contributed by atoms with Crippen molar-refractivity contribution in [2.45, 2.75) is 32.8 Å². The molecule has 0 saturated carbocycles. The molecule has 0 atom stereocenters. The van der Waals surface area contributed by atoms with E-state index in [1.807, 2.05) is 42.7 Å². The van der Waals surface area contributed by atoms with Gasteiger partial charge in [-0.1, -0.05) is 12.1 Å². The summed E-state index contributed by atoms with van der Waals surface area (Å²) in [6, 6.07) is 15.2. The molecule has 0 aliphatic rings. The van der Waals surface area contributed by atoms with Gasteiger partial charge in [0.15, 0.2) is 5.60 Å². The Morgan fingerprint density at radius 2 is 1.56 bits per heavy atom. The van der Waals surface area contributed by atoms with Crippen LogP contribution < -0.4 is 13.7 Å². The van der Waals surface area contributed by atoms with E-state index in [0.717, 1.165) is 17.9 Å². The fourth-order valence-electron chi connectivity index (χ4n) is 2.34. The van der Waals surface area contributed by atoms with E-state index in [0.29, 0.717) is 19.0 Å². The Labute approximate surface area is 165 Å². The minimum absolute atomic E-state index is 0.325. The fourth-order valence-corrected chi connectivity index (χ4v) is 2.64. The van der Waals surface area contributed by atoms with Crippen LogP contribution in [0.2, 0.25) is 0 Å². The van der Waals surface area contributed by atoms with Gasteiger partial charge >= 0.3 is 5.97 Å². The molecule has 0 aromatic heterocycles. The molecule has 0 spiro atoms. The predicted octanol–water partition coefficient (Wildman–Crippen LogP) is 4.69. The maximum absolute atomic E-state index is 11.9. The van der Waals surface area contributed by atoms with Gasteiger partial charge in [0.1, 0.15) is 17.2 Å². The van der Waals surface area contributed by atoms with Gasteiger partial charge in [-0.15, -0.1) is 0 Å². The molecular formula is C21H26O5S. The van der Waals surface area contributed by atoms with Crippen LogP contribution in [0, 0.1) is 0 Å². The Hall–Kier alpha value is -2.34. The van der Waals surface area contributed by atoms with Crippen LogP contribution >= 0.6 is 12.0 Å². The number of hydrogen-bond acceptors (Lipinski definition) is 6. The molecule has 2 rings (SSSR count). The first-order valence-corrected chi connectivity index (χ1v) is 9.98. The summed E-state index contributed by atoms with van der Waals surface area (Å²) in [5.74, 6) is 1.79. The number of carbonyl (C=O) groups excluding carboxylic acids is 1.